The molecule has 38 heavy (non-hydrogen) atoms. The van der Waals surface area contributed by atoms with Crippen molar-refractivity contribution in [3.63, 3.8) is 0 Å². The van der Waals surface area contributed by atoms with E-state index in [2.05, 4.69) is 35.8 Å². The van der Waals surface area contributed by atoms with Gasteiger partial charge in [-0.15, -0.1) is 0 Å². The van der Waals surface area contributed by atoms with Gasteiger partial charge in [-0.25, -0.2) is 4.98 Å². The molecule has 1 saturated carbocycles. The third kappa shape index (κ3) is 6.17. The maximum atomic E-state index is 12.3. The van der Waals surface area contributed by atoms with Crippen LogP contribution in [0.5, 0.6) is 11.6 Å². The molecule has 0 unspecified atom stereocenters. The van der Waals surface area contributed by atoms with Crippen molar-refractivity contribution in [3.8, 4) is 29.5 Å². The molecule has 4 rings (SSSR count). The number of piperidine rings is 1. The number of primary amides is 1. The Morgan fingerprint density at radius 2 is 2.03 bits per heavy atom. The highest BCUT2D eigenvalue weighted by atomic mass is 16.5. The second-order valence-corrected chi connectivity index (χ2v) is 10.5. The first-order valence-corrected chi connectivity index (χ1v) is 13.1. The van der Waals surface area contributed by atoms with Gasteiger partial charge in [0.25, 0.3) is 5.91 Å². The van der Waals surface area contributed by atoms with Crippen LogP contribution in [0.1, 0.15) is 61.9 Å². The molecule has 2 aliphatic rings. The lowest BCUT2D eigenvalue weighted by molar-refractivity contribution is -0.132. The van der Waals surface area contributed by atoms with Gasteiger partial charge in [-0.05, 0) is 65.8 Å². The Morgan fingerprint density at radius 3 is 2.68 bits per heavy atom. The number of rotatable bonds is 7. The first kappa shape index (κ1) is 27.2. The van der Waals surface area contributed by atoms with Gasteiger partial charge in [0, 0.05) is 35.5 Å². The number of aromatic nitrogens is 1. The topological polar surface area (TPSA) is 122 Å². The summed E-state index contributed by atoms with van der Waals surface area (Å²) in [5, 5.41) is 10.3. The van der Waals surface area contributed by atoms with Crippen molar-refractivity contribution in [3.05, 3.63) is 29.5 Å². The van der Waals surface area contributed by atoms with Crippen LogP contribution in [0.2, 0.25) is 0 Å². The summed E-state index contributed by atoms with van der Waals surface area (Å²) in [5.74, 6) is 6.91. The number of nitrogens with two attached hydrogens (primary N) is 1. The minimum absolute atomic E-state index is 0.149. The molecular formula is C29H35N5O4. The van der Waals surface area contributed by atoms with E-state index in [0.29, 0.717) is 53.0 Å². The van der Waals surface area contributed by atoms with E-state index in [1.807, 2.05) is 19.9 Å². The van der Waals surface area contributed by atoms with Crippen LogP contribution < -0.4 is 15.2 Å². The van der Waals surface area contributed by atoms with Gasteiger partial charge in [0.05, 0.1) is 29.8 Å². The quantitative estimate of drug-likeness (QED) is 0.560. The van der Waals surface area contributed by atoms with Crippen molar-refractivity contribution in [2.45, 2.75) is 64.2 Å². The van der Waals surface area contributed by atoms with Crippen LogP contribution in [-0.2, 0) is 4.79 Å². The zero-order valence-electron chi connectivity index (χ0n) is 22.5. The van der Waals surface area contributed by atoms with Crippen molar-refractivity contribution in [2.24, 2.45) is 11.7 Å². The summed E-state index contributed by atoms with van der Waals surface area (Å²) < 4.78 is 12.3. The molecule has 1 aliphatic heterocycles. The second-order valence-electron chi connectivity index (χ2n) is 10.5. The molecule has 2 aromatic rings. The zero-order valence-corrected chi connectivity index (χ0v) is 22.5. The fourth-order valence-corrected chi connectivity index (χ4v) is 4.88. The first-order valence-electron chi connectivity index (χ1n) is 13.1. The number of amides is 2. The van der Waals surface area contributed by atoms with Gasteiger partial charge in [0.1, 0.15) is 18.3 Å². The summed E-state index contributed by atoms with van der Waals surface area (Å²) in [6.45, 7) is 4.74. The van der Waals surface area contributed by atoms with Crippen LogP contribution in [0, 0.1) is 29.1 Å². The minimum Gasteiger partial charge on any atom is -0.490 e. The number of pyridine rings is 1. The van der Waals surface area contributed by atoms with Crippen molar-refractivity contribution >= 4 is 22.6 Å². The van der Waals surface area contributed by atoms with Gasteiger partial charge in [0.2, 0.25) is 11.8 Å². The van der Waals surface area contributed by atoms with Crippen LogP contribution in [0.15, 0.2) is 18.3 Å². The predicted molar refractivity (Wildman–Crippen MR) is 144 cm³/mol. The molecule has 0 spiro atoms. The van der Waals surface area contributed by atoms with E-state index in [4.69, 9.17) is 20.5 Å². The molecule has 1 aromatic heterocycles. The number of hydrogen-bond donors (Lipinski definition) is 1. The number of likely N-dealkylation sites (tertiary alicyclic amines) is 1. The first-order chi connectivity index (χ1) is 18.2. The summed E-state index contributed by atoms with van der Waals surface area (Å²) in [6, 6.07) is 5.92. The zero-order chi connectivity index (χ0) is 27.4. The summed E-state index contributed by atoms with van der Waals surface area (Å²) >= 11 is 0. The van der Waals surface area contributed by atoms with E-state index < -0.39 is 5.91 Å². The highest BCUT2D eigenvalue weighted by Gasteiger charge is 2.29. The summed E-state index contributed by atoms with van der Waals surface area (Å²) in [6.07, 6.45) is 4.64. The summed E-state index contributed by atoms with van der Waals surface area (Å²) in [7, 11) is 4.16. The number of carbonyl (C=O) groups excluding carboxylic acids is 2. The van der Waals surface area contributed by atoms with Crippen LogP contribution in [0.25, 0.3) is 10.8 Å². The minimum atomic E-state index is -0.590. The molecule has 2 amide bonds. The predicted octanol–water partition coefficient (Wildman–Crippen LogP) is 3.10. The number of nitrogens with zero attached hydrogens (tertiary/aromatic N) is 4. The fraction of sp³-hybridized carbons (Fsp3) is 0.517. The monoisotopic (exact) mass is 517 g/mol. The molecule has 2 N–H and O–H groups in total. The largest absolute Gasteiger partial charge is 0.490 e. The Balaban J connectivity index is 1.70. The van der Waals surface area contributed by atoms with E-state index in [1.165, 1.54) is 0 Å². The Hall–Kier alpha value is -3.82. The van der Waals surface area contributed by atoms with Gasteiger partial charge < -0.3 is 25.0 Å². The number of nitriles is 1. The van der Waals surface area contributed by atoms with E-state index in [9.17, 15) is 9.59 Å². The standard InChI is InChI=1S/C29H35N5O4/c1-18(2)37-26-15-24-23(14-25(26)28(31)36)20(8-7-19-12-21(13-19)33(3)4)16-32-29(24)38-22-6-5-11-34(17-22)27(35)9-10-30/h14-16,18-19,21-22H,5-6,9,11-13,17H2,1-4H3,(H2,31,36)/t19-,21+,22-/m1/s1. The van der Waals surface area contributed by atoms with E-state index in [0.717, 1.165) is 25.7 Å². The third-order valence-electron chi connectivity index (χ3n) is 7.07. The Morgan fingerprint density at radius 1 is 1.26 bits per heavy atom. The SMILES string of the molecule is CC(C)Oc1cc2c(O[C@@H]3CCCN(C(=O)CC#N)C3)ncc(C#C[C@H]3C[C@@H](N(C)C)C3)c2cc1C(N)=O. The molecular weight excluding hydrogens is 482 g/mol. The maximum Gasteiger partial charge on any atom is 0.252 e. The van der Waals surface area contributed by atoms with Crippen LogP contribution >= 0.6 is 0 Å². The Labute approximate surface area is 223 Å². The highest BCUT2D eigenvalue weighted by molar-refractivity contribution is 6.03. The normalized spacial score (nSPS) is 20.9. The van der Waals surface area contributed by atoms with Crippen molar-refractivity contribution in [1.82, 2.24) is 14.8 Å². The molecule has 9 nitrogen and oxygen atoms in total. The average molecular weight is 518 g/mol. The molecule has 2 fully saturated rings. The fourth-order valence-electron chi connectivity index (χ4n) is 4.88. The van der Waals surface area contributed by atoms with Crippen molar-refractivity contribution < 1.29 is 19.1 Å². The van der Waals surface area contributed by atoms with Gasteiger partial charge in [0.15, 0.2) is 0 Å². The van der Waals surface area contributed by atoms with Gasteiger partial charge in [-0.3, -0.25) is 9.59 Å². The number of hydrogen-bond acceptors (Lipinski definition) is 7. The van der Waals surface area contributed by atoms with Crippen LogP contribution in [0.4, 0.5) is 0 Å². The molecule has 1 aliphatic carbocycles. The number of carbonyl (C=O) groups is 2. The van der Waals surface area contributed by atoms with Crippen molar-refractivity contribution in [1.29, 1.82) is 5.26 Å². The lowest BCUT2D eigenvalue weighted by atomic mass is 9.80. The second kappa shape index (κ2) is 11.7. The summed E-state index contributed by atoms with van der Waals surface area (Å²) in [5.41, 5.74) is 6.68. The van der Waals surface area contributed by atoms with Gasteiger partial charge >= 0.3 is 0 Å². The van der Waals surface area contributed by atoms with Crippen LogP contribution in [0.3, 0.4) is 0 Å². The molecule has 200 valence electrons. The lowest BCUT2D eigenvalue weighted by Gasteiger charge is -2.36. The molecule has 1 atom stereocenters. The molecule has 0 bridgehead atoms. The van der Waals surface area contributed by atoms with E-state index in [-0.39, 0.29) is 30.1 Å². The van der Waals surface area contributed by atoms with E-state index in [1.54, 1.807) is 23.2 Å². The summed E-state index contributed by atoms with van der Waals surface area (Å²) in [4.78, 5) is 33.1. The van der Waals surface area contributed by atoms with E-state index >= 15 is 0 Å². The number of benzene rings is 1. The average Bonchev–Trinajstić information content (AvgIpc) is 2.83. The van der Waals surface area contributed by atoms with Gasteiger partial charge in [-0.2, -0.15) is 5.26 Å². The number of fused-ring (bicyclic) bond motifs is 1. The number of ether oxygens (including phenoxy) is 2. The molecule has 1 saturated heterocycles. The maximum absolute atomic E-state index is 12.3. The van der Waals surface area contributed by atoms with Crippen molar-refractivity contribution in [2.75, 3.05) is 27.2 Å². The van der Waals surface area contributed by atoms with Crippen LogP contribution in [-0.4, -0.2) is 72.0 Å². The Kier molecular flexibility index (Phi) is 8.38. The molecule has 0 radical (unpaired) electrons. The molecule has 1 aromatic carbocycles. The third-order valence-corrected chi connectivity index (χ3v) is 7.07. The smallest absolute Gasteiger partial charge is 0.252 e. The lowest BCUT2D eigenvalue weighted by Crippen LogP contribution is -2.44. The van der Waals surface area contributed by atoms with Gasteiger partial charge in [-0.1, -0.05) is 11.8 Å². The molecule has 2 heterocycles. The Bertz CT molecular complexity index is 1310. The molecule has 9 heteroatoms. The highest BCUT2D eigenvalue weighted by Crippen LogP contribution is 2.35.